The lowest BCUT2D eigenvalue weighted by atomic mass is 10.1. The zero-order chi connectivity index (χ0) is 8.84. The van der Waals surface area contributed by atoms with Crippen LogP contribution in [0.5, 0.6) is 5.75 Å². The first-order valence-corrected chi connectivity index (χ1v) is 4.03. The summed E-state index contributed by atoms with van der Waals surface area (Å²) in [6.45, 7) is 0. The van der Waals surface area contributed by atoms with E-state index in [1.807, 2.05) is 24.3 Å². The molecule has 0 aliphatic carbocycles. The van der Waals surface area contributed by atoms with Crippen LogP contribution in [0.2, 0.25) is 0 Å². The third kappa shape index (κ3) is 0.731. The van der Waals surface area contributed by atoms with E-state index < -0.39 is 0 Å². The molecule has 0 fully saturated rings. The lowest BCUT2D eigenvalue weighted by Crippen LogP contribution is -1.71. The highest BCUT2D eigenvalue weighted by Crippen LogP contribution is 2.45. The Balaban J connectivity index is 2.62. The Bertz CT molecular complexity index is 532. The topological polar surface area (TPSA) is 45.0 Å². The minimum absolute atomic E-state index is 0.196. The van der Waals surface area contributed by atoms with Gasteiger partial charge < -0.3 is 5.11 Å². The molecule has 2 aromatic carbocycles. The molecule has 1 heterocycles. The van der Waals surface area contributed by atoms with Gasteiger partial charge in [0.25, 0.3) is 0 Å². The summed E-state index contributed by atoms with van der Waals surface area (Å²) in [6.07, 6.45) is 0. The molecule has 0 atom stereocenters. The monoisotopic (exact) mass is 170 g/mol. The number of hydrogen-bond acceptors (Lipinski definition) is 3. The predicted molar refractivity (Wildman–Crippen MR) is 49.8 cm³/mol. The van der Waals surface area contributed by atoms with Crippen LogP contribution in [0.3, 0.4) is 0 Å². The fraction of sp³-hybridized carbons (Fsp3) is 0. The summed E-state index contributed by atoms with van der Waals surface area (Å²) in [6, 6.07) is 9.32. The van der Waals surface area contributed by atoms with Crippen molar-refractivity contribution in [1.82, 2.24) is 0 Å². The molecule has 1 N–H and O–H groups in total. The van der Waals surface area contributed by atoms with Gasteiger partial charge in [-0.2, -0.15) is 0 Å². The van der Waals surface area contributed by atoms with Crippen LogP contribution in [0.4, 0.5) is 11.4 Å². The molecule has 1 aliphatic heterocycles. The van der Waals surface area contributed by atoms with Crippen LogP contribution in [0.15, 0.2) is 40.6 Å². The normalized spacial score (nSPS) is 12.6. The van der Waals surface area contributed by atoms with E-state index in [4.69, 9.17) is 0 Å². The number of phenolic OH excluding ortho intramolecular Hbond substituents is 1. The second-order valence-corrected chi connectivity index (χ2v) is 3.01. The number of nitrogens with zero attached hydrogens (tertiary/aromatic N) is 2. The van der Waals surface area contributed by atoms with Crippen molar-refractivity contribution in [2.75, 3.05) is 0 Å². The zero-order valence-corrected chi connectivity index (χ0v) is 6.73. The van der Waals surface area contributed by atoms with Crippen LogP contribution < -0.4 is 0 Å². The smallest absolute Gasteiger partial charge is 0.143 e. The van der Waals surface area contributed by atoms with Crippen molar-refractivity contribution >= 4 is 22.1 Å². The van der Waals surface area contributed by atoms with Crippen molar-refractivity contribution in [2.45, 2.75) is 0 Å². The van der Waals surface area contributed by atoms with Crippen LogP contribution in [-0.4, -0.2) is 5.11 Å². The van der Waals surface area contributed by atoms with E-state index in [0.29, 0.717) is 5.69 Å². The molecule has 2 aromatic rings. The average molecular weight is 170 g/mol. The van der Waals surface area contributed by atoms with E-state index >= 15 is 0 Å². The SMILES string of the molecule is Oc1ccc2cccc3c2c1N=N3. The van der Waals surface area contributed by atoms with Gasteiger partial charge in [0.2, 0.25) is 0 Å². The van der Waals surface area contributed by atoms with Gasteiger partial charge in [0.1, 0.15) is 11.4 Å². The molecular formula is C10H6N2O. The lowest BCUT2D eigenvalue weighted by Gasteiger charge is -1.99. The van der Waals surface area contributed by atoms with Crippen LogP contribution in [0.25, 0.3) is 10.8 Å². The van der Waals surface area contributed by atoms with Gasteiger partial charge >= 0.3 is 0 Å². The largest absolute Gasteiger partial charge is 0.506 e. The van der Waals surface area contributed by atoms with E-state index in [1.165, 1.54) is 0 Å². The molecule has 0 spiro atoms. The van der Waals surface area contributed by atoms with Crippen LogP contribution in [0.1, 0.15) is 0 Å². The highest BCUT2D eigenvalue weighted by Gasteiger charge is 2.14. The fourth-order valence-electron chi connectivity index (χ4n) is 1.62. The van der Waals surface area contributed by atoms with Gasteiger partial charge in [-0.1, -0.05) is 18.2 Å². The second kappa shape index (κ2) is 2.07. The Morgan fingerprint density at radius 1 is 1.00 bits per heavy atom. The van der Waals surface area contributed by atoms with Gasteiger partial charge in [-0.15, -0.1) is 10.2 Å². The molecule has 3 rings (SSSR count). The first-order chi connectivity index (χ1) is 6.36. The van der Waals surface area contributed by atoms with Gasteiger partial charge in [0, 0.05) is 5.39 Å². The van der Waals surface area contributed by atoms with Crippen molar-refractivity contribution in [3.8, 4) is 5.75 Å². The molecule has 13 heavy (non-hydrogen) atoms. The summed E-state index contributed by atoms with van der Waals surface area (Å²) in [7, 11) is 0. The molecule has 1 aliphatic rings. The molecule has 62 valence electrons. The Morgan fingerprint density at radius 3 is 2.85 bits per heavy atom. The van der Waals surface area contributed by atoms with Crippen molar-refractivity contribution in [3.63, 3.8) is 0 Å². The van der Waals surface area contributed by atoms with E-state index in [0.717, 1.165) is 16.5 Å². The Labute approximate surface area is 74.3 Å². The number of azo groups is 1. The third-order valence-corrected chi connectivity index (χ3v) is 2.23. The predicted octanol–water partition coefficient (Wildman–Crippen LogP) is 3.27. The molecule has 0 aromatic heterocycles. The quantitative estimate of drug-likeness (QED) is 0.552. The summed E-state index contributed by atoms with van der Waals surface area (Å²) in [5.41, 5.74) is 1.43. The van der Waals surface area contributed by atoms with Gasteiger partial charge in [-0.25, -0.2) is 0 Å². The van der Waals surface area contributed by atoms with Crippen LogP contribution >= 0.6 is 0 Å². The van der Waals surface area contributed by atoms with Crippen molar-refractivity contribution in [2.24, 2.45) is 10.2 Å². The standard InChI is InChI=1S/C10H6N2O/c13-8-5-4-6-2-1-3-7-9(6)10(8)12-11-7/h1-5,13H. The van der Waals surface area contributed by atoms with Gasteiger partial charge in [-0.05, 0) is 17.5 Å². The van der Waals surface area contributed by atoms with Crippen molar-refractivity contribution in [3.05, 3.63) is 30.3 Å². The number of hydrogen-bond donors (Lipinski definition) is 1. The minimum atomic E-state index is 0.196. The second-order valence-electron chi connectivity index (χ2n) is 3.01. The average Bonchev–Trinajstić information content (AvgIpc) is 2.57. The summed E-state index contributed by atoms with van der Waals surface area (Å²) >= 11 is 0. The van der Waals surface area contributed by atoms with Crippen molar-refractivity contribution in [1.29, 1.82) is 0 Å². The molecule has 0 unspecified atom stereocenters. The number of aromatic hydroxyl groups is 1. The molecule has 0 bridgehead atoms. The molecule has 0 saturated carbocycles. The molecule has 0 amide bonds. The van der Waals surface area contributed by atoms with Gasteiger partial charge in [-0.3, -0.25) is 0 Å². The lowest BCUT2D eigenvalue weighted by molar-refractivity contribution is 0.477. The summed E-state index contributed by atoms with van der Waals surface area (Å²) in [5.74, 6) is 0.196. The maximum Gasteiger partial charge on any atom is 0.143 e. The van der Waals surface area contributed by atoms with Gasteiger partial charge in [0.15, 0.2) is 0 Å². The van der Waals surface area contributed by atoms with Gasteiger partial charge in [0.05, 0.1) is 5.69 Å². The molecule has 3 nitrogen and oxygen atoms in total. The number of rotatable bonds is 0. The minimum Gasteiger partial charge on any atom is -0.506 e. The highest BCUT2D eigenvalue weighted by atomic mass is 16.3. The highest BCUT2D eigenvalue weighted by molar-refractivity contribution is 6.04. The van der Waals surface area contributed by atoms with E-state index in [2.05, 4.69) is 10.2 Å². The zero-order valence-electron chi connectivity index (χ0n) is 6.73. The molecule has 0 radical (unpaired) electrons. The Morgan fingerprint density at radius 2 is 1.92 bits per heavy atom. The maximum atomic E-state index is 9.49. The molecule has 3 heteroatoms. The fourth-order valence-corrected chi connectivity index (χ4v) is 1.62. The molecular weight excluding hydrogens is 164 g/mol. The summed E-state index contributed by atoms with van der Waals surface area (Å²) in [5, 5.41) is 19.4. The van der Waals surface area contributed by atoms with Crippen LogP contribution in [0, 0.1) is 0 Å². The Hall–Kier alpha value is -1.90. The third-order valence-electron chi connectivity index (χ3n) is 2.23. The number of benzene rings is 2. The molecule has 0 saturated heterocycles. The van der Waals surface area contributed by atoms with E-state index in [9.17, 15) is 5.11 Å². The van der Waals surface area contributed by atoms with Crippen molar-refractivity contribution < 1.29 is 5.11 Å². The van der Waals surface area contributed by atoms with E-state index in [1.54, 1.807) is 6.07 Å². The maximum absolute atomic E-state index is 9.49. The van der Waals surface area contributed by atoms with Crippen LogP contribution in [-0.2, 0) is 0 Å². The first kappa shape index (κ1) is 6.60. The van der Waals surface area contributed by atoms with E-state index in [-0.39, 0.29) is 5.75 Å². The number of phenols is 1. The Kier molecular flexibility index (Phi) is 1.05. The first-order valence-electron chi connectivity index (χ1n) is 4.03. The summed E-state index contributed by atoms with van der Waals surface area (Å²) in [4.78, 5) is 0. The summed E-state index contributed by atoms with van der Waals surface area (Å²) < 4.78 is 0.